The number of hydrogen-bond donors (Lipinski definition) is 1. The highest BCUT2D eigenvalue weighted by Gasteiger charge is 2.09. The fourth-order valence-corrected chi connectivity index (χ4v) is 1.88. The summed E-state index contributed by atoms with van der Waals surface area (Å²) in [5.74, 6) is 0.840. The summed E-state index contributed by atoms with van der Waals surface area (Å²) in [6, 6.07) is 3.36. The Bertz CT molecular complexity index is 338. The first-order chi connectivity index (χ1) is 7.63. The predicted octanol–water partition coefficient (Wildman–Crippen LogP) is 3.58. The number of amides is 1. The molecule has 5 heteroatoms. The number of hydrogen-bond acceptors (Lipinski definition) is 2. The van der Waals surface area contributed by atoms with Crippen LogP contribution in [0.1, 0.15) is 30.3 Å². The maximum absolute atomic E-state index is 11.5. The minimum atomic E-state index is -0.155. The summed E-state index contributed by atoms with van der Waals surface area (Å²) in [6.45, 7) is 2.87. The molecule has 1 heterocycles. The van der Waals surface area contributed by atoms with E-state index < -0.39 is 0 Å². The summed E-state index contributed by atoms with van der Waals surface area (Å²) in [6.07, 6.45) is 2.09. The lowest BCUT2D eigenvalue weighted by Gasteiger charge is -2.07. The van der Waals surface area contributed by atoms with Crippen LogP contribution >= 0.6 is 31.9 Å². The minimum absolute atomic E-state index is 0.155. The Kier molecular flexibility index (Phi) is 6.13. The molecule has 1 rings (SSSR count). The summed E-state index contributed by atoms with van der Waals surface area (Å²) in [7, 11) is 0. The largest absolute Gasteiger partial charge is 0.444 e. The Morgan fingerprint density at radius 2 is 2.31 bits per heavy atom. The first-order valence-electron chi connectivity index (χ1n) is 5.23. The van der Waals surface area contributed by atoms with Gasteiger partial charge in [-0.2, -0.15) is 0 Å². The highest BCUT2D eigenvalue weighted by molar-refractivity contribution is 9.10. The molecule has 1 amide bonds. The Labute approximate surface area is 112 Å². The van der Waals surface area contributed by atoms with Crippen LogP contribution in [0.2, 0.25) is 0 Å². The van der Waals surface area contributed by atoms with E-state index in [0.717, 1.165) is 18.2 Å². The van der Waals surface area contributed by atoms with Gasteiger partial charge in [-0.05, 0) is 46.8 Å². The van der Waals surface area contributed by atoms with Gasteiger partial charge in [0.25, 0.3) is 5.91 Å². The van der Waals surface area contributed by atoms with Gasteiger partial charge in [0.1, 0.15) is 0 Å². The van der Waals surface area contributed by atoms with E-state index in [-0.39, 0.29) is 5.91 Å². The molecule has 1 unspecified atom stereocenters. The summed E-state index contributed by atoms with van der Waals surface area (Å²) in [5.41, 5.74) is 0. The molecule has 0 saturated carbocycles. The summed E-state index contributed by atoms with van der Waals surface area (Å²) in [4.78, 5) is 11.5. The van der Waals surface area contributed by atoms with E-state index in [1.165, 1.54) is 0 Å². The van der Waals surface area contributed by atoms with E-state index in [4.69, 9.17) is 4.42 Å². The second kappa shape index (κ2) is 7.12. The summed E-state index contributed by atoms with van der Waals surface area (Å²) < 4.78 is 5.72. The normalized spacial score (nSPS) is 12.4. The molecule has 0 saturated heterocycles. The molecule has 0 aliphatic carbocycles. The van der Waals surface area contributed by atoms with Crippen molar-refractivity contribution >= 4 is 37.8 Å². The van der Waals surface area contributed by atoms with Crippen molar-refractivity contribution in [3.63, 3.8) is 0 Å². The van der Waals surface area contributed by atoms with Gasteiger partial charge in [-0.25, -0.2) is 0 Å². The fraction of sp³-hybridized carbons (Fsp3) is 0.545. The molecular formula is C11H15Br2NO2. The molecule has 1 N–H and O–H groups in total. The van der Waals surface area contributed by atoms with Gasteiger partial charge in [-0.3, -0.25) is 4.79 Å². The second-order valence-electron chi connectivity index (χ2n) is 3.76. The van der Waals surface area contributed by atoms with Crippen LogP contribution in [-0.4, -0.2) is 17.8 Å². The number of furan rings is 1. The quantitative estimate of drug-likeness (QED) is 0.628. The number of alkyl halides is 1. The molecule has 0 aromatic carbocycles. The minimum Gasteiger partial charge on any atom is -0.444 e. The van der Waals surface area contributed by atoms with Gasteiger partial charge in [-0.15, -0.1) is 0 Å². The zero-order chi connectivity index (χ0) is 12.0. The van der Waals surface area contributed by atoms with Crippen LogP contribution in [0, 0.1) is 5.92 Å². The standard InChI is InChI=1S/C11H15Br2NO2/c1-8(7-12)3-2-6-14-11(15)9-4-5-10(13)16-9/h4-5,8H,2-3,6-7H2,1H3,(H,14,15). The van der Waals surface area contributed by atoms with Crippen LogP contribution < -0.4 is 5.32 Å². The van der Waals surface area contributed by atoms with Crippen LogP contribution in [0.4, 0.5) is 0 Å². The van der Waals surface area contributed by atoms with Gasteiger partial charge in [0.2, 0.25) is 0 Å². The Hall–Kier alpha value is -0.290. The number of rotatable bonds is 6. The van der Waals surface area contributed by atoms with E-state index in [9.17, 15) is 4.79 Å². The average Bonchev–Trinajstić information content (AvgIpc) is 2.70. The number of nitrogens with one attached hydrogen (secondary N) is 1. The van der Waals surface area contributed by atoms with Crippen molar-refractivity contribution in [2.75, 3.05) is 11.9 Å². The monoisotopic (exact) mass is 351 g/mol. The van der Waals surface area contributed by atoms with Gasteiger partial charge < -0.3 is 9.73 Å². The number of carbonyl (C=O) groups excluding carboxylic acids is 1. The van der Waals surface area contributed by atoms with Crippen molar-refractivity contribution in [2.45, 2.75) is 19.8 Å². The highest BCUT2D eigenvalue weighted by Crippen LogP contribution is 2.13. The van der Waals surface area contributed by atoms with Gasteiger partial charge in [-0.1, -0.05) is 22.9 Å². The van der Waals surface area contributed by atoms with Crippen LogP contribution in [-0.2, 0) is 0 Å². The zero-order valence-electron chi connectivity index (χ0n) is 9.13. The van der Waals surface area contributed by atoms with Gasteiger partial charge in [0.15, 0.2) is 10.4 Å². The van der Waals surface area contributed by atoms with Crippen molar-refractivity contribution in [2.24, 2.45) is 5.92 Å². The van der Waals surface area contributed by atoms with Gasteiger partial charge >= 0.3 is 0 Å². The van der Waals surface area contributed by atoms with E-state index in [0.29, 0.717) is 22.9 Å². The van der Waals surface area contributed by atoms with E-state index in [1.807, 2.05) is 0 Å². The smallest absolute Gasteiger partial charge is 0.287 e. The highest BCUT2D eigenvalue weighted by atomic mass is 79.9. The second-order valence-corrected chi connectivity index (χ2v) is 5.19. The lowest BCUT2D eigenvalue weighted by Crippen LogP contribution is -2.24. The molecule has 0 aliphatic heterocycles. The van der Waals surface area contributed by atoms with E-state index in [2.05, 4.69) is 44.1 Å². The maximum atomic E-state index is 11.5. The Morgan fingerprint density at radius 1 is 1.56 bits per heavy atom. The SMILES string of the molecule is CC(CBr)CCCNC(=O)c1ccc(Br)o1. The summed E-state index contributed by atoms with van der Waals surface area (Å²) in [5, 5.41) is 3.83. The number of carbonyl (C=O) groups is 1. The Morgan fingerprint density at radius 3 is 2.88 bits per heavy atom. The van der Waals surface area contributed by atoms with E-state index in [1.54, 1.807) is 12.1 Å². The van der Waals surface area contributed by atoms with Crippen molar-refractivity contribution in [1.29, 1.82) is 0 Å². The third-order valence-corrected chi connectivity index (χ3v) is 3.75. The first-order valence-corrected chi connectivity index (χ1v) is 7.14. The summed E-state index contributed by atoms with van der Waals surface area (Å²) >= 11 is 6.59. The molecular weight excluding hydrogens is 338 g/mol. The predicted molar refractivity (Wildman–Crippen MR) is 70.9 cm³/mol. The van der Waals surface area contributed by atoms with Crippen molar-refractivity contribution in [3.8, 4) is 0 Å². The van der Waals surface area contributed by atoms with Gasteiger partial charge in [0, 0.05) is 11.9 Å². The molecule has 0 aliphatic rings. The first kappa shape index (κ1) is 13.8. The molecule has 1 aromatic rings. The molecule has 16 heavy (non-hydrogen) atoms. The number of halogens is 2. The zero-order valence-corrected chi connectivity index (χ0v) is 12.3. The Balaban J connectivity index is 2.21. The molecule has 1 aromatic heterocycles. The van der Waals surface area contributed by atoms with Crippen molar-refractivity contribution in [3.05, 3.63) is 22.6 Å². The molecule has 0 radical (unpaired) electrons. The van der Waals surface area contributed by atoms with Crippen LogP contribution in [0.15, 0.2) is 21.2 Å². The topological polar surface area (TPSA) is 42.2 Å². The lowest BCUT2D eigenvalue weighted by atomic mass is 10.1. The maximum Gasteiger partial charge on any atom is 0.287 e. The van der Waals surface area contributed by atoms with Crippen LogP contribution in [0.3, 0.4) is 0 Å². The third-order valence-electron chi connectivity index (χ3n) is 2.22. The van der Waals surface area contributed by atoms with Gasteiger partial charge in [0.05, 0.1) is 0 Å². The van der Waals surface area contributed by atoms with E-state index >= 15 is 0 Å². The van der Waals surface area contributed by atoms with Crippen molar-refractivity contribution in [1.82, 2.24) is 5.32 Å². The molecule has 0 spiro atoms. The average molecular weight is 353 g/mol. The third kappa shape index (κ3) is 4.70. The van der Waals surface area contributed by atoms with Crippen molar-refractivity contribution < 1.29 is 9.21 Å². The molecule has 3 nitrogen and oxygen atoms in total. The lowest BCUT2D eigenvalue weighted by molar-refractivity contribution is 0.0923. The molecule has 0 fully saturated rings. The molecule has 90 valence electrons. The van der Waals surface area contributed by atoms with Crippen LogP contribution in [0.5, 0.6) is 0 Å². The molecule has 0 bridgehead atoms. The van der Waals surface area contributed by atoms with Crippen LogP contribution in [0.25, 0.3) is 0 Å². The fourth-order valence-electron chi connectivity index (χ4n) is 1.25. The molecule has 1 atom stereocenters.